The number of aryl methyl sites for hydroxylation is 1. The van der Waals surface area contributed by atoms with E-state index in [1.165, 1.54) is 23.4 Å². The molecule has 0 aliphatic carbocycles. The number of hydrogen-bond acceptors (Lipinski definition) is 2. The SMILES string of the molecule is Cc1ccc(NC(=O)/C=C\Sc2ccccc2)cc1. The van der Waals surface area contributed by atoms with Crippen molar-refractivity contribution in [2.45, 2.75) is 11.8 Å². The van der Waals surface area contributed by atoms with E-state index in [-0.39, 0.29) is 5.91 Å². The third-order valence-corrected chi connectivity index (χ3v) is 3.30. The summed E-state index contributed by atoms with van der Waals surface area (Å²) >= 11 is 1.52. The van der Waals surface area contributed by atoms with Crippen molar-refractivity contribution in [2.24, 2.45) is 0 Å². The fourth-order valence-electron chi connectivity index (χ4n) is 1.49. The van der Waals surface area contributed by atoms with E-state index >= 15 is 0 Å². The van der Waals surface area contributed by atoms with Crippen molar-refractivity contribution >= 4 is 23.4 Å². The molecule has 2 rings (SSSR count). The molecule has 2 nitrogen and oxygen atoms in total. The van der Waals surface area contributed by atoms with Crippen molar-refractivity contribution in [2.75, 3.05) is 5.32 Å². The monoisotopic (exact) mass is 269 g/mol. The highest BCUT2D eigenvalue weighted by Gasteiger charge is 1.97. The number of nitrogens with one attached hydrogen (secondary N) is 1. The van der Waals surface area contributed by atoms with Crippen molar-refractivity contribution < 1.29 is 4.79 Å². The zero-order valence-electron chi connectivity index (χ0n) is 10.7. The third kappa shape index (κ3) is 4.64. The number of thioether (sulfide) groups is 1. The van der Waals surface area contributed by atoms with Gasteiger partial charge in [-0.25, -0.2) is 0 Å². The molecule has 2 aromatic carbocycles. The van der Waals surface area contributed by atoms with Crippen LogP contribution in [0.15, 0.2) is 71.0 Å². The van der Waals surface area contributed by atoms with Crippen LogP contribution in [-0.2, 0) is 4.79 Å². The number of amides is 1. The summed E-state index contributed by atoms with van der Waals surface area (Å²) in [5.74, 6) is -0.118. The van der Waals surface area contributed by atoms with Gasteiger partial charge in [-0.1, -0.05) is 47.7 Å². The number of carbonyl (C=O) groups excluding carboxylic acids is 1. The topological polar surface area (TPSA) is 29.1 Å². The smallest absolute Gasteiger partial charge is 0.248 e. The summed E-state index contributed by atoms with van der Waals surface area (Å²) in [4.78, 5) is 12.8. The van der Waals surface area contributed by atoms with Gasteiger partial charge >= 0.3 is 0 Å². The Bertz CT molecular complexity index is 561. The van der Waals surface area contributed by atoms with Gasteiger partial charge in [0.25, 0.3) is 0 Å². The minimum atomic E-state index is -0.118. The molecule has 0 unspecified atom stereocenters. The minimum Gasteiger partial charge on any atom is -0.322 e. The van der Waals surface area contributed by atoms with Gasteiger partial charge in [0.1, 0.15) is 0 Å². The van der Waals surface area contributed by atoms with Crippen molar-refractivity contribution in [3.05, 3.63) is 71.6 Å². The largest absolute Gasteiger partial charge is 0.322 e. The zero-order valence-corrected chi connectivity index (χ0v) is 11.5. The lowest BCUT2D eigenvalue weighted by molar-refractivity contribution is -0.111. The van der Waals surface area contributed by atoms with Gasteiger partial charge in [-0.2, -0.15) is 0 Å². The van der Waals surface area contributed by atoms with Crippen LogP contribution in [0.5, 0.6) is 0 Å². The fourth-order valence-corrected chi connectivity index (χ4v) is 2.16. The molecule has 1 amide bonds. The lowest BCUT2D eigenvalue weighted by atomic mass is 10.2. The quantitative estimate of drug-likeness (QED) is 0.664. The zero-order chi connectivity index (χ0) is 13.5. The van der Waals surface area contributed by atoms with Gasteiger partial charge in [0.15, 0.2) is 0 Å². The van der Waals surface area contributed by atoms with Crippen molar-refractivity contribution in [3.63, 3.8) is 0 Å². The lowest BCUT2D eigenvalue weighted by Crippen LogP contribution is -2.07. The van der Waals surface area contributed by atoms with Gasteiger partial charge in [0, 0.05) is 16.7 Å². The summed E-state index contributed by atoms with van der Waals surface area (Å²) in [5.41, 5.74) is 1.98. The molecule has 0 spiro atoms. The molecular formula is C16H15NOS. The van der Waals surface area contributed by atoms with E-state index in [1.54, 1.807) is 5.41 Å². The van der Waals surface area contributed by atoms with E-state index in [1.807, 2.05) is 61.5 Å². The summed E-state index contributed by atoms with van der Waals surface area (Å²) in [6, 6.07) is 17.7. The molecule has 0 atom stereocenters. The second-order valence-electron chi connectivity index (χ2n) is 4.09. The molecule has 19 heavy (non-hydrogen) atoms. The Morgan fingerprint density at radius 3 is 2.42 bits per heavy atom. The molecule has 1 N–H and O–H groups in total. The van der Waals surface area contributed by atoms with Crippen LogP contribution in [0.2, 0.25) is 0 Å². The standard InChI is InChI=1S/C16H15NOS/c1-13-7-9-14(10-8-13)17-16(18)11-12-19-15-5-3-2-4-6-15/h2-12H,1H3,(H,17,18)/b12-11-. The molecule has 0 fully saturated rings. The van der Waals surface area contributed by atoms with Gasteiger partial charge in [0.05, 0.1) is 0 Å². The fraction of sp³-hybridized carbons (Fsp3) is 0.0625. The number of anilines is 1. The Morgan fingerprint density at radius 2 is 1.74 bits per heavy atom. The summed E-state index contributed by atoms with van der Waals surface area (Å²) in [6.07, 6.45) is 1.54. The summed E-state index contributed by atoms with van der Waals surface area (Å²) in [7, 11) is 0. The van der Waals surface area contributed by atoms with E-state index in [0.29, 0.717) is 0 Å². The predicted octanol–water partition coefficient (Wildman–Crippen LogP) is 4.24. The van der Waals surface area contributed by atoms with Gasteiger partial charge in [-0.15, -0.1) is 0 Å². The molecule has 3 heteroatoms. The average Bonchev–Trinajstić information content (AvgIpc) is 2.43. The first-order chi connectivity index (χ1) is 9.24. The van der Waals surface area contributed by atoms with Crippen LogP contribution in [0.1, 0.15) is 5.56 Å². The third-order valence-electron chi connectivity index (χ3n) is 2.49. The van der Waals surface area contributed by atoms with Crippen molar-refractivity contribution in [1.82, 2.24) is 0 Å². The average molecular weight is 269 g/mol. The van der Waals surface area contributed by atoms with Crippen LogP contribution in [0.3, 0.4) is 0 Å². The Balaban J connectivity index is 1.86. The van der Waals surface area contributed by atoms with Gasteiger partial charge in [0.2, 0.25) is 5.91 Å². The normalized spacial score (nSPS) is 10.6. The molecule has 0 aliphatic rings. The summed E-state index contributed by atoms with van der Waals surface area (Å²) in [5, 5.41) is 4.61. The van der Waals surface area contributed by atoms with Crippen LogP contribution < -0.4 is 5.32 Å². The molecule has 0 aliphatic heterocycles. The van der Waals surface area contributed by atoms with E-state index < -0.39 is 0 Å². The maximum Gasteiger partial charge on any atom is 0.248 e. The maximum atomic E-state index is 11.7. The molecule has 0 heterocycles. The van der Waals surface area contributed by atoms with Crippen LogP contribution >= 0.6 is 11.8 Å². The van der Waals surface area contributed by atoms with E-state index in [2.05, 4.69) is 5.32 Å². The van der Waals surface area contributed by atoms with Crippen LogP contribution in [-0.4, -0.2) is 5.91 Å². The van der Waals surface area contributed by atoms with Crippen LogP contribution in [0.4, 0.5) is 5.69 Å². The van der Waals surface area contributed by atoms with Crippen LogP contribution in [0, 0.1) is 6.92 Å². The number of carbonyl (C=O) groups is 1. The Labute approximate surface area is 117 Å². The maximum absolute atomic E-state index is 11.7. The van der Waals surface area contributed by atoms with E-state index in [0.717, 1.165) is 10.6 Å². The summed E-state index contributed by atoms with van der Waals surface area (Å²) in [6.45, 7) is 2.02. The highest BCUT2D eigenvalue weighted by Crippen LogP contribution is 2.18. The van der Waals surface area contributed by atoms with Crippen LogP contribution in [0.25, 0.3) is 0 Å². The molecule has 0 saturated heterocycles. The highest BCUT2D eigenvalue weighted by molar-refractivity contribution is 8.02. The molecule has 0 bridgehead atoms. The van der Waals surface area contributed by atoms with Crippen molar-refractivity contribution in [3.8, 4) is 0 Å². The molecular weight excluding hydrogens is 254 g/mol. The van der Waals surface area contributed by atoms with E-state index in [9.17, 15) is 4.79 Å². The number of rotatable bonds is 4. The molecule has 0 saturated carbocycles. The van der Waals surface area contributed by atoms with Gasteiger partial charge in [-0.05, 0) is 36.6 Å². The molecule has 0 radical (unpaired) electrons. The summed E-state index contributed by atoms with van der Waals surface area (Å²) < 4.78 is 0. The highest BCUT2D eigenvalue weighted by atomic mass is 32.2. The first kappa shape index (κ1) is 13.4. The first-order valence-corrected chi connectivity index (χ1v) is 6.88. The first-order valence-electron chi connectivity index (χ1n) is 6.00. The lowest BCUT2D eigenvalue weighted by Gasteiger charge is -2.02. The van der Waals surface area contributed by atoms with Crippen molar-refractivity contribution in [1.29, 1.82) is 0 Å². The second kappa shape index (κ2) is 6.81. The van der Waals surface area contributed by atoms with Gasteiger partial charge in [-0.3, -0.25) is 4.79 Å². The molecule has 0 aromatic heterocycles. The number of hydrogen-bond donors (Lipinski definition) is 1. The Kier molecular flexibility index (Phi) is 4.81. The van der Waals surface area contributed by atoms with E-state index in [4.69, 9.17) is 0 Å². The minimum absolute atomic E-state index is 0.118. The molecule has 2 aromatic rings. The molecule has 96 valence electrons. The predicted molar refractivity (Wildman–Crippen MR) is 81.2 cm³/mol. The Morgan fingerprint density at radius 1 is 1.05 bits per heavy atom. The number of benzene rings is 2. The Hall–Kier alpha value is -2.00. The second-order valence-corrected chi connectivity index (χ2v) is 5.07. The van der Waals surface area contributed by atoms with Gasteiger partial charge < -0.3 is 5.32 Å².